The van der Waals surface area contributed by atoms with E-state index in [0.29, 0.717) is 11.0 Å². The SMILES string of the molecule is CSN1CCC2(C1)CN(C(C)(C)C)C2. The lowest BCUT2D eigenvalue weighted by molar-refractivity contribution is -0.0490. The molecule has 0 amide bonds. The fraction of sp³-hybridized carbons (Fsp3) is 1.00. The third-order valence-corrected chi connectivity index (χ3v) is 4.49. The number of rotatable bonds is 1. The van der Waals surface area contributed by atoms with E-state index in [4.69, 9.17) is 0 Å². The molecule has 2 saturated heterocycles. The summed E-state index contributed by atoms with van der Waals surface area (Å²) in [6, 6.07) is 0. The first-order chi connectivity index (χ1) is 6.45. The highest BCUT2D eigenvalue weighted by Gasteiger charge is 2.50. The number of hydrogen-bond acceptors (Lipinski definition) is 3. The Kier molecular flexibility index (Phi) is 2.61. The van der Waals surface area contributed by atoms with Gasteiger partial charge >= 0.3 is 0 Å². The van der Waals surface area contributed by atoms with E-state index in [1.54, 1.807) is 0 Å². The molecule has 0 N–H and O–H groups in total. The average molecular weight is 214 g/mol. The predicted octanol–water partition coefficient (Wildman–Crippen LogP) is 2.07. The average Bonchev–Trinajstić information content (AvgIpc) is 2.43. The minimum Gasteiger partial charge on any atom is -0.297 e. The highest BCUT2D eigenvalue weighted by Crippen LogP contribution is 2.43. The molecule has 0 aromatic heterocycles. The van der Waals surface area contributed by atoms with Crippen molar-refractivity contribution in [3.63, 3.8) is 0 Å². The summed E-state index contributed by atoms with van der Waals surface area (Å²) in [5.41, 5.74) is 1.02. The van der Waals surface area contributed by atoms with Gasteiger partial charge in [-0.05, 0) is 33.4 Å². The van der Waals surface area contributed by atoms with Crippen molar-refractivity contribution in [2.24, 2.45) is 5.41 Å². The van der Waals surface area contributed by atoms with Crippen molar-refractivity contribution in [1.29, 1.82) is 0 Å². The molecule has 0 saturated carbocycles. The standard InChI is InChI=1S/C11H22N2S/c1-10(2,3)12-7-11(8-12)5-6-13(9-11)14-4/h5-9H2,1-4H3. The van der Waals surface area contributed by atoms with Crippen molar-refractivity contribution in [3.8, 4) is 0 Å². The fourth-order valence-electron chi connectivity index (χ4n) is 2.55. The van der Waals surface area contributed by atoms with Gasteiger partial charge in [-0.2, -0.15) is 0 Å². The largest absolute Gasteiger partial charge is 0.297 e. The van der Waals surface area contributed by atoms with Crippen molar-refractivity contribution in [2.45, 2.75) is 32.7 Å². The van der Waals surface area contributed by atoms with E-state index in [1.165, 1.54) is 32.6 Å². The monoisotopic (exact) mass is 214 g/mol. The van der Waals surface area contributed by atoms with Crippen molar-refractivity contribution in [1.82, 2.24) is 9.21 Å². The Morgan fingerprint density at radius 1 is 1.14 bits per heavy atom. The summed E-state index contributed by atoms with van der Waals surface area (Å²) in [6.07, 6.45) is 3.60. The molecule has 0 bridgehead atoms. The molecular weight excluding hydrogens is 192 g/mol. The molecule has 2 aliphatic rings. The normalized spacial score (nSPS) is 28.3. The molecule has 14 heavy (non-hydrogen) atoms. The first-order valence-electron chi connectivity index (χ1n) is 5.49. The molecule has 0 radical (unpaired) electrons. The van der Waals surface area contributed by atoms with Crippen molar-refractivity contribution < 1.29 is 0 Å². The fourth-order valence-corrected chi connectivity index (χ4v) is 3.22. The lowest BCUT2D eigenvalue weighted by Gasteiger charge is -2.54. The summed E-state index contributed by atoms with van der Waals surface area (Å²) >= 11 is 1.91. The molecule has 2 heterocycles. The Hall–Kier alpha value is 0.270. The van der Waals surface area contributed by atoms with Crippen LogP contribution < -0.4 is 0 Å². The summed E-state index contributed by atoms with van der Waals surface area (Å²) in [5.74, 6) is 0. The lowest BCUT2D eigenvalue weighted by Crippen LogP contribution is -2.63. The first-order valence-corrected chi connectivity index (χ1v) is 6.68. The quantitative estimate of drug-likeness (QED) is 0.617. The van der Waals surface area contributed by atoms with E-state index < -0.39 is 0 Å². The maximum absolute atomic E-state index is 2.61. The van der Waals surface area contributed by atoms with Crippen LogP contribution in [0.4, 0.5) is 0 Å². The third kappa shape index (κ3) is 1.82. The van der Waals surface area contributed by atoms with Gasteiger partial charge in [0.15, 0.2) is 0 Å². The molecule has 2 nitrogen and oxygen atoms in total. The Morgan fingerprint density at radius 2 is 1.79 bits per heavy atom. The molecule has 0 aromatic rings. The predicted molar refractivity (Wildman–Crippen MR) is 63.5 cm³/mol. The van der Waals surface area contributed by atoms with Crippen LogP contribution >= 0.6 is 11.9 Å². The van der Waals surface area contributed by atoms with Gasteiger partial charge in [-0.25, -0.2) is 0 Å². The molecule has 1 spiro atoms. The first kappa shape index (κ1) is 10.8. The van der Waals surface area contributed by atoms with Crippen LogP contribution in [0, 0.1) is 5.41 Å². The van der Waals surface area contributed by atoms with Crippen LogP contribution in [0.25, 0.3) is 0 Å². The van der Waals surface area contributed by atoms with Crippen molar-refractivity contribution >= 4 is 11.9 Å². The molecule has 0 atom stereocenters. The zero-order valence-electron chi connectivity index (χ0n) is 9.84. The summed E-state index contributed by atoms with van der Waals surface area (Å²) in [7, 11) is 0. The summed E-state index contributed by atoms with van der Waals surface area (Å²) in [5, 5.41) is 0. The summed E-state index contributed by atoms with van der Waals surface area (Å²) in [6.45, 7) is 12.2. The van der Waals surface area contributed by atoms with Gasteiger partial charge < -0.3 is 0 Å². The third-order valence-electron chi connectivity index (χ3n) is 3.66. The van der Waals surface area contributed by atoms with Crippen LogP contribution in [0.1, 0.15) is 27.2 Å². The van der Waals surface area contributed by atoms with Crippen LogP contribution in [0.5, 0.6) is 0 Å². The van der Waals surface area contributed by atoms with Gasteiger partial charge in [-0.3, -0.25) is 9.21 Å². The highest BCUT2D eigenvalue weighted by atomic mass is 32.2. The van der Waals surface area contributed by atoms with E-state index in [2.05, 4.69) is 36.2 Å². The van der Waals surface area contributed by atoms with E-state index in [0.717, 1.165) is 0 Å². The number of hydrogen-bond donors (Lipinski definition) is 0. The summed E-state index contributed by atoms with van der Waals surface area (Å²) in [4.78, 5) is 2.61. The zero-order valence-corrected chi connectivity index (χ0v) is 10.7. The van der Waals surface area contributed by atoms with E-state index >= 15 is 0 Å². The molecule has 0 aromatic carbocycles. The summed E-state index contributed by atoms with van der Waals surface area (Å²) < 4.78 is 2.51. The second kappa shape index (κ2) is 3.39. The highest BCUT2D eigenvalue weighted by molar-refractivity contribution is 7.96. The van der Waals surface area contributed by atoms with Gasteiger partial charge in [0.2, 0.25) is 0 Å². The maximum Gasteiger partial charge on any atom is 0.0171 e. The smallest absolute Gasteiger partial charge is 0.0171 e. The second-order valence-electron chi connectivity index (χ2n) is 5.82. The Labute approximate surface area is 92.2 Å². The molecular formula is C11H22N2S. The lowest BCUT2D eigenvalue weighted by atomic mass is 9.76. The molecule has 2 rings (SSSR count). The van der Waals surface area contributed by atoms with Gasteiger partial charge in [0.1, 0.15) is 0 Å². The van der Waals surface area contributed by atoms with E-state index in [9.17, 15) is 0 Å². The van der Waals surface area contributed by atoms with Crippen LogP contribution in [0.3, 0.4) is 0 Å². The van der Waals surface area contributed by atoms with Gasteiger partial charge in [0, 0.05) is 37.1 Å². The molecule has 3 heteroatoms. The molecule has 2 fully saturated rings. The Bertz CT molecular complexity index is 216. The van der Waals surface area contributed by atoms with Crippen LogP contribution in [-0.4, -0.2) is 47.2 Å². The van der Waals surface area contributed by atoms with Crippen LogP contribution in [0.2, 0.25) is 0 Å². The molecule has 82 valence electrons. The van der Waals surface area contributed by atoms with E-state index in [-0.39, 0.29) is 0 Å². The number of likely N-dealkylation sites (tertiary alicyclic amines) is 1. The van der Waals surface area contributed by atoms with Gasteiger partial charge in [0.25, 0.3) is 0 Å². The topological polar surface area (TPSA) is 6.48 Å². The zero-order chi connectivity index (χ0) is 10.4. The van der Waals surface area contributed by atoms with Gasteiger partial charge in [-0.15, -0.1) is 0 Å². The van der Waals surface area contributed by atoms with Crippen LogP contribution in [-0.2, 0) is 0 Å². The molecule has 0 unspecified atom stereocenters. The maximum atomic E-state index is 2.61. The number of nitrogens with zero attached hydrogens (tertiary/aromatic N) is 2. The van der Waals surface area contributed by atoms with Gasteiger partial charge in [-0.1, -0.05) is 11.9 Å². The van der Waals surface area contributed by atoms with Crippen molar-refractivity contribution in [3.05, 3.63) is 0 Å². The van der Waals surface area contributed by atoms with Gasteiger partial charge in [0.05, 0.1) is 0 Å². The van der Waals surface area contributed by atoms with E-state index in [1.807, 2.05) is 11.9 Å². The van der Waals surface area contributed by atoms with Crippen LogP contribution in [0.15, 0.2) is 0 Å². The molecule has 2 aliphatic heterocycles. The minimum atomic E-state index is 0.373. The Morgan fingerprint density at radius 3 is 2.21 bits per heavy atom. The Balaban J connectivity index is 1.88. The minimum absolute atomic E-state index is 0.373. The van der Waals surface area contributed by atoms with Crippen molar-refractivity contribution in [2.75, 3.05) is 32.4 Å². The molecule has 0 aliphatic carbocycles. The second-order valence-corrected chi connectivity index (χ2v) is 6.70.